The Bertz CT molecular complexity index is 1720. The van der Waals surface area contributed by atoms with Crippen molar-refractivity contribution in [3.63, 3.8) is 0 Å². The molecule has 46 heavy (non-hydrogen) atoms. The molecule has 242 valence electrons. The SMILES string of the molecule is CC[C@@H](C)NC(=O)[C@@H](Cc1ccccc1)N(Cc1cccc(OC)c1)C(=O)CN(c1ccc(F)cc1)S(=O)(=O)c1ccc(C)cc1. The molecule has 0 saturated heterocycles. The third kappa shape index (κ3) is 8.72. The van der Waals surface area contributed by atoms with E-state index in [0.29, 0.717) is 17.7 Å². The number of sulfonamides is 1. The third-order valence-electron chi connectivity index (χ3n) is 7.76. The van der Waals surface area contributed by atoms with Crippen molar-refractivity contribution in [2.45, 2.75) is 57.1 Å². The van der Waals surface area contributed by atoms with Crippen LogP contribution in [-0.2, 0) is 32.6 Å². The lowest BCUT2D eigenvalue weighted by atomic mass is 10.0. The van der Waals surface area contributed by atoms with Gasteiger partial charge in [-0.1, -0.05) is 67.1 Å². The Hall–Kier alpha value is -4.70. The zero-order chi connectivity index (χ0) is 33.3. The number of rotatable bonds is 14. The molecule has 0 fully saturated rings. The average molecular weight is 646 g/mol. The Labute approximate surface area is 270 Å². The van der Waals surface area contributed by atoms with Gasteiger partial charge in [0.05, 0.1) is 17.7 Å². The van der Waals surface area contributed by atoms with Crippen LogP contribution in [-0.4, -0.2) is 50.9 Å². The van der Waals surface area contributed by atoms with Crippen LogP contribution in [0.4, 0.5) is 10.1 Å². The minimum Gasteiger partial charge on any atom is -0.497 e. The summed E-state index contributed by atoms with van der Waals surface area (Å²) in [5.41, 5.74) is 2.50. The first-order valence-corrected chi connectivity index (χ1v) is 16.6. The molecule has 0 aromatic heterocycles. The van der Waals surface area contributed by atoms with E-state index in [1.54, 1.807) is 30.3 Å². The van der Waals surface area contributed by atoms with Gasteiger partial charge in [-0.25, -0.2) is 12.8 Å². The number of ether oxygens (including phenoxy) is 1. The predicted molar refractivity (Wildman–Crippen MR) is 177 cm³/mol. The maximum absolute atomic E-state index is 14.5. The van der Waals surface area contributed by atoms with E-state index in [9.17, 15) is 22.4 Å². The van der Waals surface area contributed by atoms with Gasteiger partial charge in [0.25, 0.3) is 10.0 Å². The van der Waals surface area contributed by atoms with Crippen molar-refractivity contribution in [3.05, 3.63) is 126 Å². The highest BCUT2D eigenvalue weighted by Crippen LogP contribution is 2.26. The number of aryl methyl sites for hydroxylation is 1. The van der Waals surface area contributed by atoms with Gasteiger partial charge in [0.15, 0.2) is 0 Å². The van der Waals surface area contributed by atoms with E-state index in [-0.39, 0.29) is 35.5 Å². The topological polar surface area (TPSA) is 96.0 Å². The molecule has 2 amide bonds. The van der Waals surface area contributed by atoms with Gasteiger partial charge in [-0.15, -0.1) is 0 Å². The predicted octanol–water partition coefficient (Wildman–Crippen LogP) is 5.89. The molecule has 4 aromatic rings. The van der Waals surface area contributed by atoms with Gasteiger partial charge < -0.3 is 15.0 Å². The van der Waals surface area contributed by atoms with Gasteiger partial charge in [0.2, 0.25) is 11.8 Å². The number of halogens is 1. The first kappa shape index (κ1) is 34.2. The number of amides is 2. The zero-order valence-corrected chi connectivity index (χ0v) is 27.3. The highest BCUT2D eigenvalue weighted by atomic mass is 32.2. The lowest BCUT2D eigenvalue weighted by Gasteiger charge is -2.34. The Morgan fingerprint density at radius 3 is 2.17 bits per heavy atom. The lowest BCUT2D eigenvalue weighted by molar-refractivity contribution is -0.140. The number of carbonyl (C=O) groups excluding carboxylic acids is 2. The molecule has 0 bridgehead atoms. The minimum atomic E-state index is -4.28. The Kier molecular flexibility index (Phi) is 11.5. The summed E-state index contributed by atoms with van der Waals surface area (Å²) in [4.78, 5) is 29.8. The fraction of sp³-hybridized carbons (Fsp3) is 0.278. The average Bonchev–Trinajstić information content (AvgIpc) is 3.06. The van der Waals surface area contributed by atoms with E-state index in [1.807, 2.05) is 57.2 Å². The maximum Gasteiger partial charge on any atom is 0.264 e. The number of nitrogens with zero attached hydrogens (tertiary/aromatic N) is 2. The molecule has 0 aliphatic rings. The first-order chi connectivity index (χ1) is 22.0. The van der Waals surface area contributed by atoms with Crippen molar-refractivity contribution in [3.8, 4) is 5.75 Å². The molecule has 0 heterocycles. The standard InChI is InChI=1S/C36H40FN3O5S/c1-5-27(3)38-36(42)34(23-28-10-7-6-8-11-28)39(24-29-12-9-13-32(22-29)45-4)35(41)25-40(31-18-16-30(37)17-19-31)46(43,44)33-20-14-26(2)15-21-33/h6-22,27,34H,5,23-25H2,1-4H3,(H,38,42)/t27-,34-/m1/s1. The van der Waals surface area contributed by atoms with E-state index in [1.165, 1.54) is 36.3 Å². The summed E-state index contributed by atoms with van der Waals surface area (Å²) in [5, 5.41) is 3.02. The largest absolute Gasteiger partial charge is 0.497 e. The van der Waals surface area contributed by atoms with E-state index in [4.69, 9.17) is 4.74 Å². The van der Waals surface area contributed by atoms with Gasteiger partial charge in [-0.05, 0) is 79.9 Å². The van der Waals surface area contributed by atoms with Crippen LogP contribution in [0.15, 0.2) is 108 Å². The molecule has 1 N–H and O–H groups in total. The molecule has 4 rings (SSSR count). The Balaban J connectivity index is 1.81. The summed E-state index contributed by atoms with van der Waals surface area (Å²) in [6.45, 7) is 5.05. The number of hydrogen-bond donors (Lipinski definition) is 1. The van der Waals surface area contributed by atoms with Crippen molar-refractivity contribution in [2.24, 2.45) is 0 Å². The van der Waals surface area contributed by atoms with Crippen molar-refractivity contribution in [1.82, 2.24) is 10.2 Å². The smallest absolute Gasteiger partial charge is 0.264 e. The number of methoxy groups -OCH3 is 1. The van der Waals surface area contributed by atoms with Crippen LogP contribution < -0.4 is 14.4 Å². The monoisotopic (exact) mass is 645 g/mol. The van der Waals surface area contributed by atoms with Crippen LogP contribution in [0.1, 0.15) is 37.0 Å². The molecular formula is C36H40FN3O5S. The van der Waals surface area contributed by atoms with Gasteiger partial charge >= 0.3 is 0 Å². The number of benzene rings is 4. The second-order valence-electron chi connectivity index (χ2n) is 11.2. The molecule has 4 aromatic carbocycles. The van der Waals surface area contributed by atoms with Crippen molar-refractivity contribution in [1.29, 1.82) is 0 Å². The Morgan fingerprint density at radius 2 is 1.54 bits per heavy atom. The fourth-order valence-electron chi connectivity index (χ4n) is 4.94. The summed E-state index contributed by atoms with van der Waals surface area (Å²) in [6.07, 6.45) is 0.876. The summed E-state index contributed by atoms with van der Waals surface area (Å²) < 4.78 is 48.5. The van der Waals surface area contributed by atoms with Crippen molar-refractivity contribution in [2.75, 3.05) is 18.0 Å². The van der Waals surface area contributed by atoms with Gasteiger partial charge in [-0.2, -0.15) is 0 Å². The second-order valence-corrected chi connectivity index (χ2v) is 13.1. The van der Waals surface area contributed by atoms with E-state index < -0.39 is 34.3 Å². The van der Waals surface area contributed by atoms with Crippen LogP contribution in [0.2, 0.25) is 0 Å². The summed E-state index contributed by atoms with van der Waals surface area (Å²) in [5.74, 6) is -0.942. The molecule has 0 radical (unpaired) electrons. The number of anilines is 1. The normalized spacial score (nSPS) is 12.5. The van der Waals surface area contributed by atoms with E-state index >= 15 is 0 Å². The summed E-state index contributed by atoms with van der Waals surface area (Å²) in [7, 11) is -2.74. The van der Waals surface area contributed by atoms with Gasteiger partial charge in [0, 0.05) is 19.0 Å². The van der Waals surface area contributed by atoms with Crippen LogP contribution in [0.5, 0.6) is 5.75 Å². The molecule has 2 atom stereocenters. The number of hydrogen-bond acceptors (Lipinski definition) is 5. The highest BCUT2D eigenvalue weighted by Gasteiger charge is 2.35. The third-order valence-corrected chi connectivity index (χ3v) is 9.55. The summed E-state index contributed by atoms with van der Waals surface area (Å²) in [6, 6.07) is 26.6. The van der Waals surface area contributed by atoms with E-state index in [2.05, 4.69) is 5.32 Å². The molecule has 0 aliphatic carbocycles. The quantitative estimate of drug-likeness (QED) is 0.185. The molecule has 0 unspecified atom stereocenters. The van der Waals surface area contributed by atoms with Gasteiger partial charge in [-0.3, -0.25) is 13.9 Å². The second kappa shape index (κ2) is 15.5. The zero-order valence-electron chi connectivity index (χ0n) is 26.5. The molecule has 0 spiro atoms. The molecule has 0 saturated carbocycles. The fourth-order valence-corrected chi connectivity index (χ4v) is 6.35. The minimum absolute atomic E-state index is 0.00327. The van der Waals surface area contributed by atoms with Crippen LogP contribution in [0.3, 0.4) is 0 Å². The van der Waals surface area contributed by atoms with Crippen molar-refractivity contribution < 1.29 is 27.1 Å². The van der Waals surface area contributed by atoms with E-state index in [0.717, 1.165) is 27.6 Å². The lowest BCUT2D eigenvalue weighted by Crippen LogP contribution is -2.54. The summed E-state index contributed by atoms with van der Waals surface area (Å²) >= 11 is 0. The maximum atomic E-state index is 14.5. The molecule has 0 aliphatic heterocycles. The van der Waals surface area contributed by atoms with Gasteiger partial charge in [0.1, 0.15) is 24.2 Å². The number of nitrogens with one attached hydrogen (secondary N) is 1. The van der Waals surface area contributed by atoms with Crippen LogP contribution in [0.25, 0.3) is 0 Å². The molecule has 8 nitrogen and oxygen atoms in total. The first-order valence-electron chi connectivity index (χ1n) is 15.1. The Morgan fingerprint density at radius 1 is 0.891 bits per heavy atom. The highest BCUT2D eigenvalue weighted by molar-refractivity contribution is 7.92. The van der Waals surface area contributed by atoms with Crippen molar-refractivity contribution >= 4 is 27.5 Å². The van der Waals surface area contributed by atoms with Crippen LogP contribution in [0, 0.1) is 12.7 Å². The molecular weight excluding hydrogens is 605 g/mol. The number of carbonyl (C=O) groups is 2. The van der Waals surface area contributed by atoms with Crippen LogP contribution >= 0.6 is 0 Å². The molecule has 10 heteroatoms.